The minimum atomic E-state index is -0.602. The first-order valence-corrected chi connectivity index (χ1v) is 16.4. The van der Waals surface area contributed by atoms with Crippen molar-refractivity contribution in [3.63, 3.8) is 0 Å². The van der Waals surface area contributed by atoms with Gasteiger partial charge in [-0.1, -0.05) is 125 Å². The number of halogens is 2. The first-order valence-electron chi connectivity index (χ1n) is 15.6. The van der Waals surface area contributed by atoms with E-state index < -0.39 is 11.8 Å². The number of hydrogen-bond donors (Lipinski definition) is 1. The summed E-state index contributed by atoms with van der Waals surface area (Å²) in [5.74, 6) is 1.12. The second-order valence-electron chi connectivity index (χ2n) is 8.36. The van der Waals surface area contributed by atoms with Crippen molar-refractivity contribution in [2.24, 2.45) is 0 Å². The molecule has 2 heterocycles. The number of ether oxygens (including phenoxy) is 1. The van der Waals surface area contributed by atoms with Gasteiger partial charge in [0.15, 0.2) is 5.13 Å². The molecular weight excluding hydrogens is 538 g/mol. The Hall–Kier alpha value is -2.61. The van der Waals surface area contributed by atoms with Crippen LogP contribution < -0.4 is 10.1 Å². The zero-order valence-electron chi connectivity index (χ0n) is 27.4. The molecule has 0 unspecified atom stereocenters. The smallest absolute Gasteiger partial charge is 0.206 e. The van der Waals surface area contributed by atoms with Gasteiger partial charge in [0.2, 0.25) is 5.13 Å². The van der Waals surface area contributed by atoms with Gasteiger partial charge < -0.3 is 10.1 Å². The Morgan fingerprint density at radius 1 is 0.829 bits per heavy atom. The summed E-state index contributed by atoms with van der Waals surface area (Å²) < 4.78 is 33.6. The highest BCUT2D eigenvalue weighted by atomic mass is 32.1. The molecule has 0 saturated carbocycles. The molecule has 0 bridgehead atoms. The number of alkyl halides is 1. The predicted molar refractivity (Wildman–Crippen MR) is 176 cm³/mol. The SMILES string of the molecule is CC.CC.CC.CCCC.CCCCCCCCOc1cc(Nc2nc(-c3cnc(C)nc3)c(F)s2)ccc1CF. The van der Waals surface area contributed by atoms with E-state index in [1.165, 1.54) is 38.5 Å². The van der Waals surface area contributed by atoms with Crippen LogP contribution in [-0.4, -0.2) is 21.6 Å². The number of benzene rings is 1. The average molecular weight is 595 g/mol. The van der Waals surface area contributed by atoms with Gasteiger partial charge in [-0.3, -0.25) is 0 Å². The van der Waals surface area contributed by atoms with E-state index in [4.69, 9.17) is 4.74 Å². The minimum absolute atomic E-state index is 0.201. The molecule has 8 heteroatoms. The number of nitrogens with one attached hydrogen (secondary N) is 1. The summed E-state index contributed by atoms with van der Waals surface area (Å²) in [6.45, 7) is 20.3. The van der Waals surface area contributed by atoms with E-state index >= 15 is 0 Å². The first kappa shape index (κ1) is 40.5. The molecule has 3 rings (SSSR count). The van der Waals surface area contributed by atoms with Crippen molar-refractivity contribution in [1.82, 2.24) is 15.0 Å². The number of nitrogens with zero attached hydrogens (tertiary/aromatic N) is 3. The van der Waals surface area contributed by atoms with Crippen LogP contribution in [0.2, 0.25) is 0 Å². The summed E-state index contributed by atoms with van der Waals surface area (Å²) in [6.07, 6.45) is 12.7. The number of rotatable bonds is 13. The minimum Gasteiger partial charge on any atom is -0.493 e. The zero-order chi connectivity index (χ0) is 31.5. The van der Waals surface area contributed by atoms with Crippen LogP contribution in [0.4, 0.5) is 19.6 Å². The molecule has 5 nitrogen and oxygen atoms in total. The third kappa shape index (κ3) is 17.1. The Bertz CT molecular complexity index is 995. The number of unbranched alkanes of at least 4 members (excludes halogenated alkanes) is 6. The van der Waals surface area contributed by atoms with Gasteiger partial charge >= 0.3 is 0 Å². The third-order valence-corrected chi connectivity index (χ3v) is 6.12. The van der Waals surface area contributed by atoms with Gasteiger partial charge in [0, 0.05) is 35.3 Å². The van der Waals surface area contributed by atoms with Gasteiger partial charge in [0.1, 0.15) is 23.9 Å². The topological polar surface area (TPSA) is 59.9 Å². The van der Waals surface area contributed by atoms with Gasteiger partial charge in [-0.15, -0.1) is 0 Å². The van der Waals surface area contributed by atoms with Gasteiger partial charge in [0.05, 0.1) is 6.61 Å². The van der Waals surface area contributed by atoms with Crippen LogP contribution in [-0.2, 0) is 6.67 Å². The maximum absolute atomic E-state index is 14.4. The molecular formula is C33H56F2N4OS. The van der Waals surface area contributed by atoms with Crippen LogP contribution in [0.15, 0.2) is 30.6 Å². The van der Waals surface area contributed by atoms with E-state index in [-0.39, 0.29) is 5.69 Å². The summed E-state index contributed by atoms with van der Waals surface area (Å²) >= 11 is 0.896. The van der Waals surface area contributed by atoms with Crippen LogP contribution in [0.25, 0.3) is 11.3 Å². The fourth-order valence-corrected chi connectivity index (χ4v) is 3.85. The molecule has 2 aromatic heterocycles. The Morgan fingerprint density at radius 2 is 1.41 bits per heavy atom. The van der Waals surface area contributed by atoms with Crippen molar-refractivity contribution >= 4 is 22.2 Å². The molecule has 0 aliphatic heterocycles. The predicted octanol–water partition coefficient (Wildman–Crippen LogP) is 11.9. The zero-order valence-corrected chi connectivity index (χ0v) is 28.2. The number of thiazole rings is 1. The fourth-order valence-electron chi connectivity index (χ4n) is 3.11. The molecule has 0 radical (unpaired) electrons. The van der Waals surface area contributed by atoms with Crippen LogP contribution >= 0.6 is 11.3 Å². The van der Waals surface area contributed by atoms with Gasteiger partial charge in [0.25, 0.3) is 0 Å². The van der Waals surface area contributed by atoms with Crippen molar-refractivity contribution in [1.29, 1.82) is 0 Å². The Kier molecular flexibility index (Phi) is 27.2. The van der Waals surface area contributed by atoms with Gasteiger partial charge in [-0.05, 0) is 19.4 Å². The largest absolute Gasteiger partial charge is 0.493 e. The quantitative estimate of drug-likeness (QED) is 0.199. The molecule has 0 fully saturated rings. The Balaban J connectivity index is 0. The molecule has 0 amide bonds. The molecule has 0 aliphatic carbocycles. The molecule has 0 saturated heterocycles. The lowest BCUT2D eigenvalue weighted by Gasteiger charge is -2.12. The number of hydrogen-bond acceptors (Lipinski definition) is 6. The third-order valence-electron chi connectivity index (χ3n) is 5.36. The summed E-state index contributed by atoms with van der Waals surface area (Å²) in [6, 6.07) is 5.15. The maximum atomic E-state index is 14.4. The fraction of sp³-hybridized carbons (Fsp3) is 0.606. The summed E-state index contributed by atoms with van der Waals surface area (Å²) in [5.41, 5.74) is 1.88. The standard InChI is InChI=1S/C23H28F2N4OS.C4H10.3C2H6/c1-3-4-5-6-7-8-11-30-20-12-19(10-9-17(20)13-24)28-23-29-21(22(25)31-23)18-14-26-16(2)27-15-18;1-3-4-2;3*1-2/h9-10,12,14-15H,3-8,11,13H2,1-2H3,(H,28,29);3-4H2,1-2H3;3*1-2H3. The number of anilines is 2. The van der Waals surface area contributed by atoms with E-state index in [2.05, 4.69) is 41.0 Å². The summed E-state index contributed by atoms with van der Waals surface area (Å²) in [5, 5.41) is 3.06. The van der Waals surface area contributed by atoms with Crippen molar-refractivity contribution in [2.75, 3.05) is 11.9 Å². The van der Waals surface area contributed by atoms with E-state index in [1.54, 1.807) is 37.5 Å². The van der Waals surface area contributed by atoms with Crippen LogP contribution in [0.3, 0.4) is 0 Å². The molecule has 234 valence electrons. The molecule has 41 heavy (non-hydrogen) atoms. The molecule has 1 aromatic carbocycles. The monoisotopic (exact) mass is 594 g/mol. The highest BCUT2D eigenvalue weighted by Gasteiger charge is 2.15. The van der Waals surface area contributed by atoms with Crippen molar-refractivity contribution < 1.29 is 13.5 Å². The Morgan fingerprint density at radius 3 is 1.98 bits per heavy atom. The van der Waals surface area contributed by atoms with Crippen LogP contribution in [0, 0.1) is 12.1 Å². The van der Waals surface area contributed by atoms with Crippen molar-refractivity contribution in [3.05, 3.63) is 47.1 Å². The van der Waals surface area contributed by atoms with Crippen LogP contribution in [0.1, 0.15) is 125 Å². The van der Waals surface area contributed by atoms with Crippen LogP contribution in [0.5, 0.6) is 5.75 Å². The summed E-state index contributed by atoms with van der Waals surface area (Å²) in [4.78, 5) is 12.5. The molecule has 0 spiro atoms. The lowest BCUT2D eigenvalue weighted by Crippen LogP contribution is -2.01. The lowest BCUT2D eigenvalue weighted by molar-refractivity contribution is 0.297. The second kappa shape index (κ2) is 27.6. The molecule has 3 aromatic rings. The maximum Gasteiger partial charge on any atom is 0.206 e. The normalized spacial score (nSPS) is 9.46. The second-order valence-corrected chi connectivity index (χ2v) is 9.31. The van der Waals surface area contributed by atoms with E-state index in [9.17, 15) is 8.78 Å². The van der Waals surface area contributed by atoms with Crippen molar-refractivity contribution in [3.8, 4) is 17.0 Å². The van der Waals surface area contributed by atoms with E-state index in [1.807, 2.05) is 41.5 Å². The highest BCUT2D eigenvalue weighted by Crippen LogP contribution is 2.32. The van der Waals surface area contributed by atoms with E-state index in [0.717, 1.165) is 24.2 Å². The summed E-state index contributed by atoms with van der Waals surface area (Å²) in [7, 11) is 0. The molecule has 1 N–H and O–H groups in total. The van der Waals surface area contributed by atoms with E-state index in [0.29, 0.717) is 40.1 Å². The van der Waals surface area contributed by atoms with Crippen molar-refractivity contribution in [2.45, 2.75) is 127 Å². The first-order chi connectivity index (χ1) is 20.0. The average Bonchev–Trinajstić information content (AvgIpc) is 3.39. The number of aromatic nitrogens is 3. The van der Waals surface area contributed by atoms with Gasteiger partial charge in [-0.2, -0.15) is 4.39 Å². The highest BCUT2D eigenvalue weighted by molar-refractivity contribution is 7.14. The van der Waals surface area contributed by atoms with Gasteiger partial charge in [-0.25, -0.2) is 19.3 Å². The molecule has 0 atom stereocenters. The number of aryl methyl sites for hydroxylation is 1. The Labute approximate surface area is 253 Å². The lowest BCUT2D eigenvalue weighted by atomic mass is 10.1. The molecule has 0 aliphatic rings.